The summed E-state index contributed by atoms with van der Waals surface area (Å²) in [7, 11) is 3.82. The predicted molar refractivity (Wildman–Crippen MR) is 70.5 cm³/mol. The van der Waals surface area contributed by atoms with E-state index in [-0.39, 0.29) is 0 Å². The van der Waals surface area contributed by atoms with Gasteiger partial charge in [-0.25, -0.2) is 0 Å². The lowest BCUT2D eigenvalue weighted by Crippen LogP contribution is -2.13. The van der Waals surface area contributed by atoms with Gasteiger partial charge in [-0.1, -0.05) is 18.2 Å². The van der Waals surface area contributed by atoms with Crippen molar-refractivity contribution in [2.24, 2.45) is 0 Å². The summed E-state index contributed by atoms with van der Waals surface area (Å²) in [6.45, 7) is 0. The standard InChI is InChI=1S/C12H15N5/c1-17(2)11-8-10(13)15-12(16-11)14-9-6-4-3-5-7-9/h3-8H,1-2H3,(H3,13,14,15,16). The second-order valence-electron chi connectivity index (χ2n) is 3.86. The average molecular weight is 229 g/mol. The molecule has 3 N–H and O–H groups in total. The number of benzene rings is 1. The molecule has 5 heteroatoms. The van der Waals surface area contributed by atoms with Gasteiger partial charge in [0.15, 0.2) is 0 Å². The van der Waals surface area contributed by atoms with E-state index in [0.717, 1.165) is 11.5 Å². The number of hydrogen-bond donors (Lipinski definition) is 2. The Morgan fingerprint density at radius 2 is 1.82 bits per heavy atom. The molecule has 0 aliphatic rings. The molecule has 1 heterocycles. The van der Waals surface area contributed by atoms with E-state index in [4.69, 9.17) is 5.73 Å². The van der Waals surface area contributed by atoms with Crippen LogP contribution in [0.5, 0.6) is 0 Å². The van der Waals surface area contributed by atoms with Gasteiger partial charge in [-0.15, -0.1) is 0 Å². The SMILES string of the molecule is CN(C)c1cc(N)nc(Nc2ccccc2)n1. The minimum absolute atomic E-state index is 0.446. The number of nitrogens with one attached hydrogen (secondary N) is 1. The zero-order valence-corrected chi connectivity index (χ0v) is 9.88. The van der Waals surface area contributed by atoms with Crippen molar-refractivity contribution < 1.29 is 0 Å². The Kier molecular flexibility index (Phi) is 3.09. The van der Waals surface area contributed by atoms with Crippen molar-refractivity contribution in [3.63, 3.8) is 0 Å². The second kappa shape index (κ2) is 4.69. The summed E-state index contributed by atoms with van der Waals surface area (Å²) >= 11 is 0. The maximum absolute atomic E-state index is 5.73. The molecule has 0 unspecified atom stereocenters. The fourth-order valence-corrected chi connectivity index (χ4v) is 1.39. The Balaban J connectivity index is 2.27. The Hall–Kier alpha value is -2.30. The lowest BCUT2D eigenvalue weighted by molar-refractivity contribution is 1.04. The van der Waals surface area contributed by atoms with Crippen LogP contribution in [0.25, 0.3) is 0 Å². The van der Waals surface area contributed by atoms with Crippen LogP contribution in [-0.2, 0) is 0 Å². The smallest absolute Gasteiger partial charge is 0.231 e. The van der Waals surface area contributed by atoms with Crippen LogP contribution in [0.4, 0.5) is 23.3 Å². The summed E-state index contributed by atoms with van der Waals surface area (Å²) in [6, 6.07) is 11.5. The summed E-state index contributed by atoms with van der Waals surface area (Å²) in [5.74, 6) is 1.72. The molecule has 2 rings (SSSR count). The quantitative estimate of drug-likeness (QED) is 0.841. The molecular formula is C12H15N5. The number of rotatable bonds is 3. The van der Waals surface area contributed by atoms with Crippen molar-refractivity contribution in [3.8, 4) is 0 Å². The van der Waals surface area contributed by atoms with Crippen molar-refractivity contribution in [1.29, 1.82) is 0 Å². The summed E-state index contributed by atoms with van der Waals surface area (Å²) in [5, 5.41) is 3.11. The molecule has 88 valence electrons. The van der Waals surface area contributed by atoms with E-state index < -0.39 is 0 Å². The molecule has 1 aromatic heterocycles. The molecule has 0 bridgehead atoms. The number of nitrogen functional groups attached to an aromatic ring is 1. The second-order valence-corrected chi connectivity index (χ2v) is 3.86. The van der Waals surface area contributed by atoms with E-state index in [9.17, 15) is 0 Å². The molecule has 2 aromatic rings. The zero-order valence-electron chi connectivity index (χ0n) is 9.88. The van der Waals surface area contributed by atoms with Crippen molar-refractivity contribution in [1.82, 2.24) is 9.97 Å². The predicted octanol–water partition coefficient (Wildman–Crippen LogP) is 1.87. The van der Waals surface area contributed by atoms with Gasteiger partial charge in [0, 0.05) is 25.8 Å². The molecule has 0 saturated carbocycles. The highest BCUT2D eigenvalue weighted by Gasteiger charge is 2.04. The number of nitrogens with zero attached hydrogens (tertiary/aromatic N) is 3. The van der Waals surface area contributed by atoms with Crippen molar-refractivity contribution >= 4 is 23.3 Å². The third-order valence-corrected chi connectivity index (χ3v) is 2.22. The van der Waals surface area contributed by atoms with Crippen molar-refractivity contribution in [2.45, 2.75) is 0 Å². The van der Waals surface area contributed by atoms with Gasteiger partial charge < -0.3 is 16.0 Å². The molecule has 0 spiro atoms. The van der Waals surface area contributed by atoms with Crippen LogP contribution in [0.3, 0.4) is 0 Å². The molecule has 0 atom stereocenters. The van der Waals surface area contributed by atoms with Gasteiger partial charge >= 0.3 is 0 Å². The number of para-hydroxylation sites is 1. The molecule has 17 heavy (non-hydrogen) atoms. The van der Waals surface area contributed by atoms with Gasteiger partial charge in [-0.05, 0) is 12.1 Å². The van der Waals surface area contributed by atoms with Crippen LogP contribution < -0.4 is 16.0 Å². The summed E-state index contributed by atoms with van der Waals surface area (Å²) in [4.78, 5) is 10.4. The van der Waals surface area contributed by atoms with Crippen LogP contribution >= 0.6 is 0 Å². The summed E-state index contributed by atoms with van der Waals surface area (Å²) < 4.78 is 0. The zero-order chi connectivity index (χ0) is 12.3. The van der Waals surface area contributed by atoms with E-state index in [1.54, 1.807) is 6.07 Å². The topological polar surface area (TPSA) is 67.1 Å². The normalized spacial score (nSPS) is 10.0. The number of anilines is 4. The highest BCUT2D eigenvalue weighted by molar-refractivity contribution is 5.57. The van der Waals surface area contributed by atoms with E-state index in [0.29, 0.717) is 11.8 Å². The Morgan fingerprint density at radius 1 is 1.12 bits per heavy atom. The first-order chi connectivity index (χ1) is 8.15. The molecule has 0 aliphatic carbocycles. The van der Waals surface area contributed by atoms with Crippen LogP contribution in [0.1, 0.15) is 0 Å². The maximum atomic E-state index is 5.73. The minimum Gasteiger partial charge on any atom is -0.383 e. The van der Waals surface area contributed by atoms with Gasteiger partial charge in [0.25, 0.3) is 0 Å². The van der Waals surface area contributed by atoms with Gasteiger partial charge in [-0.3, -0.25) is 0 Å². The highest BCUT2D eigenvalue weighted by Crippen LogP contribution is 2.17. The Labute approximate surface area is 100 Å². The van der Waals surface area contributed by atoms with Crippen molar-refractivity contribution in [2.75, 3.05) is 30.0 Å². The summed E-state index contributed by atoms with van der Waals surface area (Å²) in [5.41, 5.74) is 6.67. The van der Waals surface area contributed by atoms with Crippen LogP contribution in [0, 0.1) is 0 Å². The molecule has 0 aliphatic heterocycles. The van der Waals surface area contributed by atoms with E-state index >= 15 is 0 Å². The monoisotopic (exact) mass is 229 g/mol. The Bertz CT molecular complexity index is 496. The first kappa shape index (κ1) is 11.2. The van der Waals surface area contributed by atoms with Crippen LogP contribution in [0.15, 0.2) is 36.4 Å². The van der Waals surface area contributed by atoms with E-state index in [1.807, 2.05) is 49.3 Å². The molecule has 5 nitrogen and oxygen atoms in total. The lowest BCUT2D eigenvalue weighted by Gasteiger charge is -2.13. The fourth-order valence-electron chi connectivity index (χ4n) is 1.39. The first-order valence-electron chi connectivity index (χ1n) is 5.29. The molecule has 1 aromatic carbocycles. The molecule has 0 radical (unpaired) electrons. The van der Waals surface area contributed by atoms with Crippen LogP contribution in [0.2, 0.25) is 0 Å². The van der Waals surface area contributed by atoms with Gasteiger partial charge in [-0.2, -0.15) is 9.97 Å². The fraction of sp³-hybridized carbons (Fsp3) is 0.167. The largest absolute Gasteiger partial charge is 0.383 e. The van der Waals surface area contributed by atoms with Gasteiger partial charge in [0.05, 0.1) is 0 Å². The average Bonchev–Trinajstić information content (AvgIpc) is 2.29. The number of aromatic nitrogens is 2. The Morgan fingerprint density at radius 3 is 2.47 bits per heavy atom. The van der Waals surface area contributed by atoms with Crippen molar-refractivity contribution in [3.05, 3.63) is 36.4 Å². The molecule has 0 amide bonds. The third-order valence-electron chi connectivity index (χ3n) is 2.22. The van der Waals surface area contributed by atoms with E-state index in [1.165, 1.54) is 0 Å². The summed E-state index contributed by atoms with van der Waals surface area (Å²) in [6.07, 6.45) is 0. The lowest BCUT2D eigenvalue weighted by atomic mass is 10.3. The van der Waals surface area contributed by atoms with E-state index in [2.05, 4.69) is 15.3 Å². The molecule has 0 fully saturated rings. The third kappa shape index (κ3) is 2.84. The molecule has 0 saturated heterocycles. The molecular weight excluding hydrogens is 214 g/mol. The minimum atomic E-state index is 0.446. The van der Waals surface area contributed by atoms with Gasteiger partial charge in [0.1, 0.15) is 11.6 Å². The maximum Gasteiger partial charge on any atom is 0.231 e. The number of nitrogens with two attached hydrogens (primary N) is 1. The van der Waals surface area contributed by atoms with Crippen LogP contribution in [-0.4, -0.2) is 24.1 Å². The number of hydrogen-bond acceptors (Lipinski definition) is 5. The van der Waals surface area contributed by atoms with Gasteiger partial charge in [0.2, 0.25) is 5.95 Å². The highest BCUT2D eigenvalue weighted by atomic mass is 15.2. The first-order valence-corrected chi connectivity index (χ1v) is 5.29.